The zero-order valence-corrected chi connectivity index (χ0v) is 9.81. The first-order valence-electron chi connectivity index (χ1n) is 4.83. The Bertz CT molecular complexity index is 461. The van der Waals surface area contributed by atoms with Gasteiger partial charge in [0.05, 0.1) is 10.4 Å². The van der Waals surface area contributed by atoms with E-state index in [1.807, 2.05) is 12.2 Å². The molecule has 0 saturated carbocycles. The molecule has 0 radical (unpaired) electrons. The first kappa shape index (κ1) is 10.5. The van der Waals surface area contributed by atoms with Gasteiger partial charge < -0.3 is 5.32 Å². The second kappa shape index (κ2) is 5.19. The molecule has 1 aromatic heterocycles. The second-order valence-electron chi connectivity index (χ2n) is 3.15. The van der Waals surface area contributed by atoms with Crippen molar-refractivity contribution in [3.63, 3.8) is 0 Å². The van der Waals surface area contributed by atoms with Crippen LogP contribution in [0.25, 0.3) is 10.1 Å². The number of fused-ring (bicyclic) bond motifs is 1. The number of nitrogens with one attached hydrogen (secondary N) is 1. The number of anilines is 1. The molecule has 0 spiro atoms. The van der Waals surface area contributed by atoms with Gasteiger partial charge in [-0.3, -0.25) is 0 Å². The molecule has 0 bridgehead atoms. The molecule has 0 saturated heterocycles. The average molecular weight is 238 g/mol. The number of benzene rings is 1. The summed E-state index contributed by atoms with van der Waals surface area (Å²) in [4.78, 5) is 0. The number of halogens is 1. The third-order valence-electron chi connectivity index (χ3n) is 2.15. The molecule has 0 atom stereocenters. The van der Waals surface area contributed by atoms with Crippen molar-refractivity contribution < 1.29 is 0 Å². The van der Waals surface area contributed by atoms with E-state index in [9.17, 15) is 0 Å². The standard InChI is InChI=1S/C12H12ClNS/c13-7-1-2-8-14-11-5-3-4-10-6-9-15-12(10)11/h1-6,9,14H,7-8H2/b2-1+. The van der Waals surface area contributed by atoms with Crippen LogP contribution in [0.5, 0.6) is 0 Å². The van der Waals surface area contributed by atoms with Gasteiger partial charge in [-0.1, -0.05) is 24.3 Å². The lowest BCUT2D eigenvalue weighted by Crippen LogP contribution is -1.97. The zero-order chi connectivity index (χ0) is 10.5. The lowest BCUT2D eigenvalue weighted by Gasteiger charge is -2.04. The number of allylic oxidation sites excluding steroid dienone is 1. The van der Waals surface area contributed by atoms with Crippen LogP contribution in [-0.4, -0.2) is 12.4 Å². The molecule has 78 valence electrons. The Morgan fingerprint density at radius 2 is 2.20 bits per heavy atom. The number of rotatable bonds is 4. The molecule has 0 amide bonds. The van der Waals surface area contributed by atoms with E-state index < -0.39 is 0 Å². The molecular formula is C12H12ClNS. The predicted octanol–water partition coefficient (Wildman–Crippen LogP) is 4.11. The minimum Gasteiger partial charge on any atom is -0.380 e. The molecular weight excluding hydrogens is 226 g/mol. The number of hydrogen-bond acceptors (Lipinski definition) is 2. The molecule has 3 heteroatoms. The molecule has 0 aliphatic rings. The molecule has 0 aliphatic carbocycles. The van der Waals surface area contributed by atoms with Crippen LogP contribution in [-0.2, 0) is 0 Å². The van der Waals surface area contributed by atoms with Crippen molar-refractivity contribution in [2.45, 2.75) is 0 Å². The minimum absolute atomic E-state index is 0.574. The quantitative estimate of drug-likeness (QED) is 0.624. The molecule has 15 heavy (non-hydrogen) atoms. The van der Waals surface area contributed by atoms with Gasteiger partial charge in [0.25, 0.3) is 0 Å². The van der Waals surface area contributed by atoms with E-state index in [1.165, 1.54) is 15.8 Å². The summed E-state index contributed by atoms with van der Waals surface area (Å²) in [6, 6.07) is 8.45. The average Bonchev–Trinajstić information content (AvgIpc) is 2.73. The first-order chi connectivity index (χ1) is 7.42. The van der Waals surface area contributed by atoms with Crippen molar-refractivity contribution in [3.8, 4) is 0 Å². The van der Waals surface area contributed by atoms with Crippen LogP contribution in [0.3, 0.4) is 0 Å². The van der Waals surface area contributed by atoms with Crippen molar-refractivity contribution in [1.82, 2.24) is 0 Å². The number of thiophene rings is 1. The number of hydrogen-bond donors (Lipinski definition) is 1. The van der Waals surface area contributed by atoms with Gasteiger partial charge in [-0.25, -0.2) is 0 Å². The van der Waals surface area contributed by atoms with Crippen LogP contribution in [0.4, 0.5) is 5.69 Å². The zero-order valence-electron chi connectivity index (χ0n) is 8.24. The van der Waals surface area contributed by atoms with Crippen molar-refractivity contribution in [3.05, 3.63) is 41.8 Å². The molecule has 1 nitrogen and oxygen atoms in total. The fourth-order valence-electron chi connectivity index (χ4n) is 1.45. The Labute approximate surface area is 98.4 Å². The van der Waals surface area contributed by atoms with Gasteiger partial charge in [-0.2, -0.15) is 0 Å². The number of alkyl halides is 1. The highest BCUT2D eigenvalue weighted by Crippen LogP contribution is 2.28. The molecule has 1 aromatic carbocycles. The highest BCUT2D eigenvalue weighted by atomic mass is 35.5. The van der Waals surface area contributed by atoms with Gasteiger partial charge >= 0.3 is 0 Å². The largest absolute Gasteiger partial charge is 0.380 e. The van der Waals surface area contributed by atoms with Crippen LogP contribution in [0.1, 0.15) is 0 Å². The molecule has 2 rings (SSSR count). The van der Waals surface area contributed by atoms with Crippen LogP contribution in [0, 0.1) is 0 Å². The molecule has 1 heterocycles. The van der Waals surface area contributed by atoms with Gasteiger partial charge in [-0.05, 0) is 22.9 Å². The normalized spacial score (nSPS) is 11.3. The third kappa shape index (κ3) is 2.52. The summed E-state index contributed by atoms with van der Waals surface area (Å²) >= 11 is 7.31. The summed E-state index contributed by atoms with van der Waals surface area (Å²) in [7, 11) is 0. The van der Waals surface area contributed by atoms with Crippen molar-refractivity contribution >= 4 is 38.7 Å². The highest BCUT2D eigenvalue weighted by Gasteiger charge is 1.99. The van der Waals surface area contributed by atoms with E-state index in [1.54, 1.807) is 11.3 Å². The fraction of sp³-hybridized carbons (Fsp3) is 0.167. The van der Waals surface area contributed by atoms with Crippen molar-refractivity contribution in [2.24, 2.45) is 0 Å². The van der Waals surface area contributed by atoms with E-state index in [2.05, 4.69) is 35.0 Å². The van der Waals surface area contributed by atoms with E-state index in [0.29, 0.717) is 5.88 Å². The van der Waals surface area contributed by atoms with Crippen LogP contribution < -0.4 is 5.32 Å². The predicted molar refractivity (Wildman–Crippen MR) is 70.2 cm³/mol. The van der Waals surface area contributed by atoms with Crippen molar-refractivity contribution in [2.75, 3.05) is 17.7 Å². The first-order valence-corrected chi connectivity index (χ1v) is 6.24. The smallest absolute Gasteiger partial charge is 0.0574 e. The van der Waals surface area contributed by atoms with Crippen molar-refractivity contribution in [1.29, 1.82) is 0 Å². The van der Waals surface area contributed by atoms with Crippen LogP contribution >= 0.6 is 22.9 Å². The molecule has 1 N–H and O–H groups in total. The summed E-state index contributed by atoms with van der Waals surface area (Å²) in [5.41, 5.74) is 1.20. The lowest BCUT2D eigenvalue weighted by molar-refractivity contribution is 1.34. The maximum Gasteiger partial charge on any atom is 0.0574 e. The summed E-state index contributed by atoms with van der Waals surface area (Å²) in [6.07, 6.45) is 3.99. The Morgan fingerprint density at radius 1 is 1.27 bits per heavy atom. The van der Waals surface area contributed by atoms with Gasteiger partial charge in [0, 0.05) is 12.4 Å². The summed E-state index contributed by atoms with van der Waals surface area (Å²) in [6.45, 7) is 0.823. The maximum absolute atomic E-state index is 5.55. The third-order valence-corrected chi connectivity index (χ3v) is 3.29. The van der Waals surface area contributed by atoms with E-state index in [-0.39, 0.29) is 0 Å². The van der Waals surface area contributed by atoms with E-state index >= 15 is 0 Å². The molecule has 2 aromatic rings. The molecule has 0 unspecified atom stereocenters. The van der Waals surface area contributed by atoms with Gasteiger partial charge in [0.15, 0.2) is 0 Å². The fourth-order valence-corrected chi connectivity index (χ4v) is 2.46. The summed E-state index contributed by atoms with van der Waals surface area (Å²) in [5, 5.41) is 6.79. The Balaban J connectivity index is 2.13. The Morgan fingerprint density at radius 3 is 3.07 bits per heavy atom. The topological polar surface area (TPSA) is 12.0 Å². The van der Waals surface area contributed by atoms with Crippen LogP contribution in [0.2, 0.25) is 0 Å². The summed E-state index contributed by atoms with van der Waals surface area (Å²) in [5.74, 6) is 0.574. The van der Waals surface area contributed by atoms with Gasteiger partial charge in [0.2, 0.25) is 0 Å². The van der Waals surface area contributed by atoms with Gasteiger partial charge in [0.1, 0.15) is 0 Å². The van der Waals surface area contributed by atoms with E-state index in [4.69, 9.17) is 11.6 Å². The maximum atomic E-state index is 5.55. The molecule has 0 aliphatic heterocycles. The minimum atomic E-state index is 0.574. The highest BCUT2D eigenvalue weighted by molar-refractivity contribution is 7.17. The SMILES string of the molecule is ClC/C=C/CNc1cccc2ccsc12. The second-order valence-corrected chi connectivity index (χ2v) is 4.38. The Kier molecular flexibility index (Phi) is 3.64. The van der Waals surface area contributed by atoms with Gasteiger partial charge in [-0.15, -0.1) is 22.9 Å². The molecule has 0 fully saturated rings. The lowest BCUT2D eigenvalue weighted by atomic mass is 10.2. The Hall–Kier alpha value is -0.990. The monoisotopic (exact) mass is 237 g/mol. The summed E-state index contributed by atoms with van der Waals surface area (Å²) < 4.78 is 1.32. The van der Waals surface area contributed by atoms with E-state index in [0.717, 1.165) is 6.54 Å². The van der Waals surface area contributed by atoms with Crippen LogP contribution in [0.15, 0.2) is 41.8 Å².